The van der Waals surface area contributed by atoms with Crippen LogP contribution in [0.5, 0.6) is 5.75 Å². The smallest absolute Gasteiger partial charge is 0.226 e. The van der Waals surface area contributed by atoms with Crippen LogP contribution in [0.1, 0.15) is 0 Å². The van der Waals surface area contributed by atoms with Gasteiger partial charge in [0.2, 0.25) is 5.89 Å². The first-order chi connectivity index (χ1) is 9.76. The second kappa shape index (κ2) is 5.09. The first-order valence-electron chi connectivity index (χ1n) is 6.22. The molecule has 0 radical (unpaired) electrons. The quantitative estimate of drug-likeness (QED) is 0.736. The van der Waals surface area contributed by atoms with Gasteiger partial charge in [-0.25, -0.2) is 4.98 Å². The van der Waals surface area contributed by atoms with E-state index in [1.807, 2.05) is 48.5 Å². The Morgan fingerprint density at radius 1 is 0.950 bits per heavy atom. The van der Waals surface area contributed by atoms with Crippen LogP contribution in [0.3, 0.4) is 0 Å². The number of oxazole rings is 1. The molecule has 0 aliphatic carbocycles. The molecular weight excluding hydrogens is 252 g/mol. The van der Waals surface area contributed by atoms with Crippen molar-refractivity contribution in [2.75, 3.05) is 12.8 Å². The minimum absolute atomic E-state index is 0.583. The molecule has 2 N–H and O–H groups in total. The number of nitrogen functional groups attached to an aromatic ring is 1. The lowest BCUT2D eigenvalue weighted by Crippen LogP contribution is -1.85. The molecule has 0 spiro atoms. The average Bonchev–Trinajstić information content (AvgIpc) is 2.98. The van der Waals surface area contributed by atoms with Gasteiger partial charge < -0.3 is 14.9 Å². The molecule has 3 rings (SSSR count). The Morgan fingerprint density at radius 3 is 2.25 bits per heavy atom. The maximum Gasteiger partial charge on any atom is 0.226 e. The van der Waals surface area contributed by atoms with E-state index in [9.17, 15) is 0 Å². The van der Waals surface area contributed by atoms with Gasteiger partial charge in [0.25, 0.3) is 0 Å². The lowest BCUT2D eigenvalue weighted by atomic mass is 10.1. The molecule has 4 nitrogen and oxygen atoms in total. The highest BCUT2D eigenvalue weighted by Crippen LogP contribution is 2.26. The molecule has 3 aromatic rings. The van der Waals surface area contributed by atoms with E-state index in [2.05, 4.69) is 4.98 Å². The largest absolute Gasteiger partial charge is 0.497 e. The Bertz CT molecular complexity index is 700. The van der Waals surface area contributed by atoms with Crippen molar-refractivity contribution in [2.24, 2.45) is 0 Å². The fraction of sp³-hybridized carbons (Fsp3) is 0.0625. The zero-order valence-corrected chi connectivity index (χ0v) is 11.0. The van der Waals surface area contributed by atoms with Crippen LogP contribution in [0, 0.1) is 0 Å². The predicted molar refractivity (Wildman–Crippen MR) is 78.3 cm³/mol. The monoisotopic (exact) mass is 266 g/mol. The summed E-state index contributed by atoms with van der Waals surface area (Å²) in [4.78, 5) is 4.49. The molecule has 0 bridgehead atoms. The van der Waals surface area contributed by atoms with Gasteiger partial charge in [0.15, 0.2) is 0 Å². The van der Waals surface area contributed by atoms with Crippen LogP contribution in [-0.4, -0.2) is 12.1 Å². The number of methoxy groups -OCH3 is 1. The maximum absolute atomic E-state index is 5.67. The fourth-order valence-corrected chi connectivity index (χ4v) is 1.93. The lowest BCUT2D eigenvalue weighted by molar-refractivity contribution is 0.415. The Morgan fingerprint density at radius 2 is 1.60 bits per heavy atom. The first-order valence-corrected chi connectivity index (χ1v) is 6.22. The number of nitrogens with zero attached hydrogens (tertiary/aromatic N) is 1. The zero-order chi connectivity index (χ0) is 13.9. The van der Waals surface area contributed by atoms with Crippen LogP contribution in [0.2, 0.25) is 0 Å². The summed E-state index contributed by atoms with van der Waals surface area (Å²) in [5, 5.41) is 0. The van der Waals surface area contributed by atoms with Crippen molar-refractivity contribution >= 4 is 5.69 Å². The summed E-state index contributed by atoms with van der Waals surface area (Å²) >= 11 is 0. The molecule has 1 heterocycles. The highest BCUT2D eigenvalue weighted by atomic mass is 16.5. The van der Waals surface area contributed by atoms with Crippen molar-refractivity contribution < 1.29 is 9.15 Å². The molecule has 0 atom stereocenters. The van der Waals surface area contributed by atoms with Crippen molar-refractivity contribution in [3.05, 3.63) is 54.8 Å². The van der Waals surface area contributed by atoms with E-state index >= 15 is 0 Å². The highest BCUT2D eigenvalue weighted by Gasteiger charge is 2.08. The zero-order valence-electron chi connectivity index (χ0n) is 11.0. The topological polar surface area (TPSA) is 61.3 Å². The summed E-state index contributed by atoms with van der Waals surface area (Å²) in [7, 11) is 1.64. The van der Waals surface area contributed by atoms with Crippen molar-refractivity contribution in [2.45, 2.75) is 0 Å². The van der Waals surface area contributed by atoms with Gasteiger partial charge in [-0.2, -0.15) is 0 Å². The van der Waals surface area contributed by atoms with Crippen molar-refractivity contribution in [1.82, 2.24) is 4.98 Å². The number of ether oxygens (including phenoxy) is 1. The van der Waals surface area contributed by atoms with E-state index in [1.54, 1.807) is 13.4 Å². The summed E-state index contributed by atoms with van der Waals surface area (Å²) in [6.07, 6.45) is 1.64. The van der Waals surface area contributed by atoms with E-state index in [-0.39, 0.29) is 0 Å². The molecule has 0 fully saturated rings. The molecule has 0 saturated heterocycles. The maximum atomic E-state index is 5.67. The SMILES string of the molecule is COc1ccc(-c2nc(-c3ccc(N)cc3)co2)cc1. The predicted octanol–water partition coefficient (Wildman–Crippen LogP) is 3.60. The molecule has 1 aromatic heterocycles. The average molecular weight is 266 g/mol. The van der Waals surface area contributed by atoms with Gasteiger partial charge in [0.1, 0.15) is 17.7 Å². The standard InChI is InChI=1S/C16H14N2O2/c1-19-14-8-4-12(5-9-14)16-18-15(10-20-16)11-2-6-13(17)7-3-11/h2-10H,17H2,1H3. The van der Waals surface area contributed by atoms with E-state index in [0.717, 1.165) is 28.3 Å². The second-order valence-corrected chi connectivity index (χ2v) is 4.39. The van der Waals surface area contributed by atoms with E-state index in [1.165, 1.54) is 0 Å². The van der Waals surface area contributed by atoms with Crippen LogP contribution in [0.4, 0.5) is 5.69 Å². The number of anilines is 1. The minimum atomic E-state index is 0.583. The van der Waals surface area contributed by atoms with Gasteiger partial charge in [0.05, 0.1) is 7.11 Å². The highest BCUT2D eigenvalue weighted by molar-refractivity contribution is 5.64. The van der Waals surface area contributed by atoms with E-state index < -0.39 is 0 Å². The molecule has 4 heteroatoms. The first kappa shape index (κ1) is 12.3. The Kier molecular flexibility index (Phi) is 3.13. The summed E-state index contributed by atoms with van der Waals surface area (Å²) < 4.78 is 10.7. The molecule has 0 aliphatic heterocycles. The van der Waals surface area contributed by atoms with E-state index in [4.69, 9.17) is 14.9 Å². The third kappa shape index (κ3) is 2.36. The number of hydrogen-bond acceptors (Lipinski definition) is 4. The van der Waals surface area contributed by atoms with Gasteiger partial charge in [0, 0.05) is 16.8 Å². The third-order valence-corrected chi connectivity index (χ3v) is 3.05. The number of aromatic nitrogens is 1. The van der Waals surface area contributed by atoms with Gasteiger partial charge in [-0.1, -0.05) is 12.1 Å². The molecule has 0 aliphatic rings. The van der Waals surface area contributed by atoms with Crippen molar-refractivity contribution in [3.63, 3.8) is 0 Å². The van der Waals surface area contributed by atoms with Gasteiger partial charge >= 0.3 is 0 Å². The van der Waals surface area contributed by atoms with Crippen LogP contribution >= 0.6 is 0 Å². The van der Waals surface area contributed by atoms with Gasteiger partial charge in [-0.15, -0.1) is 0 Å². The number of benzene rings is 2. The second-order valence-electron chi connectivity index (χ2n) is 4.39. The Labute approximate surface area is 116 Å². The normalized spacial score (nSPS) is 10.4. The molecule has 20 heavy (non-hydrogen) atoms. The van der Waals surface area contributed by atoms with Crippen LogP contribution in [0.15, 0.2) is 59.2 Å². The molecule has 2 aromatic carbocycles. The van der Waals surface area contributed by atoms with Crippen LogP contribution < -0.4 is 10.5 Å². The molecule has 0 amide bonds. The number of nitrogens with two attached hydrogens (primary N) is 1. The Balaban J connectivity index is 1.91. The van der Waals surface area contributed by atoms with Gasteiger partial charge in [-0.05, 0) is 36.4 Å². The summed E-state index contributed by atoms with van der Waals surface area (Å²) in [5.74, 6) is 1.39. The van der Waals surface area contributed by atoms with Gasteiger partial charge in [-0.3, -0.25) is 0 Å². The molecule has 100 valence electrons. The van der Waals surface area contributed by atoms with Crippen molar-refractivity contribution in [3.8, 4) is 28.5 Å². The number of hydrogen-bond donors (Lipinski definition) is 1. The summed E-state index contributed by atoms with van der Waals surface area (Å²) in [5.41, 5.74) is 9.07. The third-order valence-electron chi connectivity index (χ3n) is 3.05. The van der Waals surface area contributed by atoms with Crippen LogP contribution in [0.25, 0.3) is 22.7 Å². The Hall–Kier alpha value is -2.75. The molecule has 0 unspecified atom stereocenters. The number of rotatable bonds is 3. The van der Waals surface area contributed by atoms with Crippen molar-refractivity contribution in [1.29, 1.82) is 0 Å². The summed E-state index contributed by atoms with van der Waals surface area (Å²) in [6.45, 7) is 0. The molecular formula is C16H14N2O2. The summed E-state index contributed by atoms with van der Waals surface area (Å²) in [6, 6.07) is 15.1. The lowest BCUT2D eigenvalue weighted by Gasteiger charge is -1.99. The minimum Gasteiger partial charge on any atom is -0.497 e. The van der Waals surface area contributed by atoms with Crippen LogP contribution in [-0.2, 0) is 0 Å². The van der Waals surface area contributed by atoms with E-state index in [0.29, 0.717) is 5.89 Å². The fourth-order valence-electron chi connectivity index (χ4n) is 1.93. The molecule has 0 saturated carbocycles.